The molecule has 2 amide bonds. The zero-order chi connectivity index (χ0) is 22.2. The van der Waals surface area contributed by atoms with E-state index in [2.05, 4.69) is 39.3 Å². The van der Waals surface area contributed by atoms with Crippen molar-refractivity contribution < 1.29 is 9.59 Å². The van der Waals surface area contributed by atoms with Crippen molar-refractivity contribution in [2.45, 2.75) is 0 Å². The number of carbonyl (C=O) groups excluding carboxylic acids is 2. The number of halogens is 1. The van der Waals surface area contributed by atoms with Gasteiger partial charge in [-0.15, -0.1) is 0 Å². The molecule has 1 N–H and O–H groups in total. The van der Waals surface area contributed by atoms with Crippen LogP contribution in [0.25, 0.3) is 28.0 Å². The van der Waals surface area contributed by atoms with Crippen LogP contribution in [-0.2, 0) is 4.79 Å². The molecule has 2 aliphatic rings. The molecule has 2 aliphatic heterocycles. The molecule has 6 nitrogen and oxygen atoms in total. The molecule has 3 aromatic rings. The highest BCUT2D eigenvalue weighted by Gasteiger charge is 2.25. The van der Waals surface area contributed by atoms with Gasteiger partial charge in [0.25, 0.3) is 11.1 Å². The number of carbonyl (C=O) groups is 2. The topological polar surface area (TPSA) is 65.5 Å². The maximum Gasteiger partial charge on any atom is 0.290 e. The Labute approximate surface area is 195 Å². The molecule has 32 heavy (non-hydrogen) atoms. The average molecular weight is 465 g/mol. The van der Waals surface area contributed by atoms with Gasteiger partial charge >= 0.3 is 0 Å². The van der Waals surface area contributed by atoms with E-state index in [4.69, 9.17) is 11.6 Å². The van der Waals surface area contributed by atoms with E-state index in [1.165, 1.54) is 0 Å². The van der Waals surface area contributed by atoms with Crippen molar-refractivity contribution in [1.82, 2.24) is 15.2 Å². The Morgan fingerprint density at radius 1 is 1.06 bits per heavy atom. The number of hydrogen-bond donors (Lipinski definition) is 1. The number of likely N-dealkylation sites (N-methyl/N-ethyl adjacent to an activating group) is 1. The van der Waals surface area contributed by atoms with Crippen LogP contribution in [0.1, 0.15) is 5.56 Å². The third kappa shape index (κ3) is 4.11. The predicted octanol–water partition coefficient (Wildman–Crippen LogP) is 4.63. The third-order valence-corrected chi connectivity index (χ3v) is 6.94. The number of thioether (sulfide) groups is 1. The third-order valence-electron chi connectivity index (χ3n) is 5.83. The number of amides is 2. The first kappa shape index (κ1) is 21.0. The van der Waals surface area contributed by atoms with Crippen molar-refractivity contribution in [1.29, 1.82) is 0 Å². The largest absolute Gasteiger partial charge is 0.368 e. The molecule has 2 saturated heterocycles. The number of pyridine rings is 1. The lowest BCUT2D eigenvalue weighted by atomic mass is 9.98. The van der Waals surface area contributed by atoms with Crippen molar-refractivity contribution in [3.05, 3.63) is 64.3 Å². The van der Waals surface area contributed by atoms with Gasteiger partial charge in [0.2, 0.25) is 0 Å². The number of fused-ring (bicyclic) bond motifs is 1. The lowest BCUT2D eigenvalue weighted by molar-refractivity contribution is -0.115. The fraction of sp³-hybridized carbons (Fsp3) is 0.208. The average Bonchev–Trinajstić information content (AvgIpc) is 3.10. The van der Waals surface area contributed by atoms with Crippen molar-refractivity contribution >= 4 is 57.0 Å². The first-order valence-electron chi connectivity index (χ1n) is 10.3. The summed E-state index contributed by atoms with van der Waals surface area (Å²) in [6, 6.07) is 12.1. The first-order chi connectivity index (χ1) is 15.5. The Morgan fingerprint density at radius 3 is 2.59 bits per heavy atom. The van der Waals surface area contributed by atoms with Crippen LogP contribution in [0, 0.1) is 0 Å². The Balaban J connectivity index is 1.51. The number of anilines is 1. The number of rotatable bonds is 3. The molecule has 0 atom stereocenters. The molecule has 162 valence electrons. The molecule has 2 fully saturated rings. The Hall–Kier alpha value is -2.87. The molecule has 3 heterocycles. The summed E-state index contributed by atoms with van der Waals surface area (Å²) >= 11 is 7.63. The van der Waals surface area contributed by atoms with Gasteiger partial charge in [0, 0.05) is 49.5 Å². The summed E-state index contributed by atoms with van der Waals surface area (Å²) < 4.78 is 0. The van der Waals surface area contributed by atoms with Gasteiger partial charge in [-0.1, -0.05) is 29.8 Å². The highest BCUT2D eigenvalue weighted by Crippen LogP contribution is 2.35. The van der Waals surface area contributed by atoms with E-state index in [1.54, 1.807) is 6.08 Å². The lowest BCUT2D eigenvalue weighted by Crippen LogP contribution is -2.44. The van der Waals surface area contributed by atoms with E-state index in [0.717, 1.165) is 76.1 Å². The quantitative estimate of drug-likeness (QED) is 0.570. The van der Waals surface area contributed by atoms with Crippen LogP contribution < -0.4 is 10.2 Å². The summed E-state index contributed by atoms with van der Waals surface area (Å²) in [5.41, 5.74) is 3.85. The van der Waals surface area contributed by atoms with Gasteiger partial charge in [-0.3, -0.25) is 19.9 Å². The predicted molar refractivity (Wildman–Crippen MR) is 131 cm³/mol. The molecule has 0 radical (unpaired) electrons. The highest BCUT2D eigenvalue weighted by molar-refractivity contribution is 8.18. The monoisotopic (exact) mass is 464 g/mol. The molecule has 8 heteroatoms. The van der Waals surface area contributed by atoms with E-state index < -0.39 is 0 Å². The smallest absolute Gasteiger partial charge is 0.290 e. The van der Waals surface area contributed by atoms with Gasteiger partial charge in [-0.2, -0.15) is 0 Å². The molecular weight excluding hydrogens is 444 g/mol. The van der Waals surface area contributed by atoms with Gasteiger partial charge < -0.3 is 9.80 Å². The van der Waals surface area contributed by atoms with Gasteiger partial charge in [-0.05, 0) is 59.6 Å². The van der Waals surface area contributed by atoms with Crippen molar-refractivity contribution in [2.75, 3.05) is 38.1 Å². The van der Waals surface area contributed by atoms with Gasteiger partial charge in [0.15, 0.2) is 0 Å². The minimum absolute atomic E-state index is 0.345. The van der Waals surface area contributed by atoms with Gasteiger partial charge in [0.1, 0.15) is 0 Å². The normalized spacial score (nSPS) is 18.6. The van der Waals surface area contributed by atoms with Crippen LogP contribution in [0.2, 0.25) is 5.02 Å². The van der Waals surface area contributed by atoms with Crippen LogP contribution in [0.3, 0.4) is 0 Å². The number of nitrogens with one attached hydrogen (secondary N) is 1. The molecule has 0 aliphatic carbocycles. The van der Waals surface area contributed by atoms with Crippen LogP contribution in [-0.4, -0.2) is 54.3 Å². The minimum atomic E-state index is -0.360. The molecule has 2 aromatic carbocycles. The fourth-order valence-corrected chi connectivity index (χ4v) is 5.03. The second-order valence-corrected chi connectivity index (χ2v) is 9.40. The molecule has 0 saturated carbocycles. The van der Waals surface area contributed by atoms with Crippen LogP contribution >= 0.6 is 23.4 Å². The molecule has 0 unspecified atom stereocenters. The standard InChI is InChI=1S/C24H21ClN4O2S/c1-28-6-8-29(9-7-28)21-5-4-16(12-20(21)25)19-14-26-13-17-3-2-15(10-18(17)19)11-22-23(30)27-24(31)32-22/h2-5,10-14H,6-9H2,1H3,(H,27,30,31). The lowest BCUT2D eigenvalue weighted by Gasteiger charge is -2.34. The second-order valence-electron chi connectivity index (χ2n) is 7.98. The van der Waals surface area contributed by atoms with Crippen molar-refractivity contribution in [2.24, 2.45) is 0 Å². The molecule has 5 rings (SSSR count). The summed E-state index contributed by atoms with van der Waals surface area (Å²) in [4.78, 5) is 32.8. The van der Waals surface area contributed by atoms with Crippen LogP contribution in [0.4, 0.5) is 10.5 Å². The number of aromatic nitrogens is 1. The molecular formula is C24H21ClN4O2S. The zero-order valence-electron chi connectivity index (χ0n) is 17.5. The Morgan fingerprint density at radius 2 is 1.88 bits per heavy atom. The summed E-state index contributed by atoms with van der Waals surface area (Å²) in [6.07, 6.45) is 5.38. The summed E-state index contributed by atoms with van der Waals surface area (Å²) in [7, 11) is 2.13. The van der Waals surface area contributed by atoms with E-state index in [1.807, 2.05) is 36.7 Å². The first-order valence-corrected chi connectivity index (χ1v) is 11.5. The number of nitrogens with zero attached hydrogens (tertiary/aromatic N) is 3. The van der Waals surface area contributed by atoms with Crippen LogP contribution in [0.15, 0.2) is 53.7 Å². The van der Waals surface area contributed by atoms with Crippen molar-refractivity contribution in [3.8, 4) is 11.1 Å². The van der Waals surface area contributed by atoms with E-state index >= 15 is 0 Å². The summed E-state index contributed by atoms with van der Waals surface area (Å²) in [5, 5.41) is 4.66. The molecule has 0 spiro atoms. The number of benzene rings is 2. The van der Waals surface area contributed by atoms with E-state index in [9.17, 15) is 9.59 Å². The fourth-order valence-electron chi connectivity index (χ4n) is 4.05. The number of hydrogen-bond acceptors (Lipinski definition) is 6. The van der Waals surface area contributed by atoms with Crippen LogP contribution in [0.5, 0.6) is 0 Å². The maximum absolute atomic E-state index is 11.9. The summed E-state index contributed by atoms with van der Waals surface area (Å²) in [5.74, 6) is -0.360. The van der Waals surface area contributed by atoms with Crippen molar-refractivity contribution in [3.63, 3.8) is 0 Å². The minimum Gasteiger partial charge on any atom is -0.368 e. The SMILES string of the molecule is CN1CCN(c2ccc(-c3cncc4ccc(C=C5SC(=O)NC5=O)cc34)cc2Cl)CC1. The Kier molecular flexibility index (Phi) is 5.63. The second kappa shape index (κ2) is 8.58. The van der Waals surface area contributed by atoms with E-state index in [0.29, 0.717) is 4.91 Å². The van der Waals surface area contributed by atoms with E-state index in [-0.39, 0.29) is 11.1 Å². The number of piperazine rings is 1. The zero-order valence-corrected chi connectivity index (χ0v) is 19.0. The molecule has 0 bridgehead atoms. The van der Waals surface area contributed by atoms with Gasteiger partial charge in [-0.25, -0.2) is 0 Å². The molecule has 1 aromatic heterocycles. The highest BCUT2D eigenvalue weighted by atomic mass is 35.5. The van der Waals surface area contributed by atoms with Gasteiger partial charge in [0.05, 0.1) is 15.6 Å². The Bertz CT molecular complexity index is 1270. The summed E-state index contributed by atoms with van der Waals surface area (Å²) in [6.45, 7) is 3.95. The number of imide groups is 1. The maximum atomic E-state index is 11.9.